The van der Waals surface area contributed by atoms with Gasteiger partial charge in [0.25, 0.3) is 0 Å². The van der Waals surface area contributed by atoms with Crippen LogP contribution in [0.5, 0.6) is 5.75 Å². The van der Waals surface area contributed by atoms with Gasteiger partial charge in [0, 0.05) is 18.9 Å². The Morgan fingerprint density at radius 2 is 2.11 bits per heavy atom. The number of ether oxygens (including phenoxy) is 1. The normalized spacial score (nSPS) is 16.4. The van der Waals surface area contributed by atoms with E-state index in [0.29, 0.717) is 36.1 Å². The highest BCUT2D eigenvalue weighted by molar-refractivity contribution is 7.08. The maximum absolute atomic E-state index is 12.5. The maximum Gasteiger partial charge on any atom is 0.242 e. The molecule has 0 saturated heterocycles. The van der Waals surface area contributed by atoms with Gasteiger partial charge in [-0.3, -0.25) is 9.59 Å². The van der Waals surface area contributed by atoms with Crippen LogP contribution in [-0.2, 0) is 16.0 Å². The molecule has 150 valence electrons. The van der Waals surface area contributed by atoms with Gasteiger partial charge < -0.3 is 15.4 Å². The van der Waals surface area contributed by atoms with Crippen molar-refractivity contribution in [3.05, 3.63) is 39.5 Å². The molecule has 1 aliphatic rings. The van der Waals surface area contributed by atoms with Crippen molar-refractivity contribution in [2.45, 2.75) is 45.8 Å². The van der Waals surface area contributed by atoms with Gasteiger partial charge in [-0.1, -0.05) is 25.4 Å². The van der Waals surface area contributed by atoms with Crippen LogP contribution in [0, 0.1) is 5.92 Å². The lowest BCUT2D eigenvalue weighted by atomic mass is 10.0. The standard InChI is InChI=1S/C21H25ClN2O3S/c1-12(2)6-19(24-13(3)25)21(26)23-10-17-8-16-7-15(14-4-5-28-11-14)9-18(22)20(16)27-17/h4-5,7,9,11-12,17,19H,6,8,10H2,1-3H3,(H,23,26)(H,24,25)/t17?,19-/m0/s1. The Kier molecular flexibility index (Phi) is 6.62. The number of rotatable bonds is 7. The summed E-state index contributed by atoms with van der Waals surface area (Å²) in [7, 11) is 0. The summed E-state index contributed by atoms with van der Waals surface area (Å²) >= 11 is 8.07. The molecule has 2 amide bonds. The number of amides is 2. The molecule has 28 heavy (non-hydrogen) atoms. The summed E-state index contributed by atoms with van der Waals surface area (Å²) in [5, 5.41) is 10.3. The highest BCUT2D eigenvalue weighted by atomic mass is 35.5. The Labute approximate surface area is 174 Å². The van der Waals surface area contributed by atoms with Crippen molar-refractivity contribution in [3.8, 4) is 16.9 Å². The fraction of sp³-hybridized carbons (Fsp3) is 0.429. The number of hydrogen-bond acceptors (Lipinski definition) is 4. The Bertz CT molecular complexity index is 852. The van der Waals surface area contributed by atoms with Crippen molar-refractivity contribution in [2.75, 3.05) is 6.54 Å². The van der Waals surface area contributed by atoms with E-state index in [1.807, 2.05) is 25.3 Å². The largest absolute Gasteiger partial charge is 0.486 e. The molecule has 2 aromatic rings. The molecule has 1 aromatic carbocycles. The second kappa shape index (κ2) is 8.97. The van der Waals surface area contributed by atoms with Crippen LogP contribution < -0.4 is 15.4 Å². The fourth-order valence-electron chi connectivity index (χ4n) is 3.38. The average Bonchev–Trinajstić information content (AvgIpc) is 3.27. The maximum atomic E-state index is 12.5. The summed E-state index contributed by atoms with van der Waals surface area (Å²) in [6, 6.07) is 5.55. The van der Waals surface area contributed by atoms with Gasteiger partial charge in [0.15, 0.2) is 0 Å². The van der Waals surface area contributed by atoms with Crippen LogP contribution in [0.2, 0.25) is 5.02 Å². The van der Waals surface area contributed by atoms with Crippen LogP contribution in [0.4, 0.5) is 0 Å². The van der Waals surface area contributed by atoms with Crippen LogP contribution in [0.15, 0.2) is 29.0 Å². The minimum atomic E-state index is -0.532. The lowest BCUT2D eigenvalue weighted by molar-refractivity contribution is -0.128. The zero-order valence-electron chi connectivity index (χ0n) is 16.3. The molecule has 0 radical (unpaired) electrons. The molecule has 1 aliphatic heterocycles. The van der Waals surface area contributed by atoms with E-state index >= 15 is 0 Å². The van der Waals surface area contributed by atoms with Crippen LogP contribution >= 0.6 is 22.9 Å². The lowest BCUT2D eigenvalue weighted by Gasteiger charge is -2.20. The molecule has 2 heterocycles. The smallest absolute Gasteiger partial charge is 0.242 e. The molecular formula is C21H25ClN2O3S. The van der Waals surface area contributed by atoms with Gasteiger partial charge in [0.2, 0.25) is 11.8 Å². The molecule has 1 unspecified atom stereocenters. The Balaban J connectivity index is 1.62. The first-order chi connectivity index (χ1) is 13.3. The first-order valence-electron chi connectivity index (χ1n) is 9.40. The number of benzene rings is 1. The Morgan fingerprint density at radius 3 is 2.75 bits per heavy atom. The number of hydrogen-bond donors (Lipinski definition) is 2. The number of carbonyl (C=O) groups is 2. The predicted molar refractivity (Wildman–Crippen MR) is 113 cm³/mol. The van der Waals surface area contributed by atoms with Gasteiger partial charge >= 0.3 is 0 Å². The van der Waals surface area contributed by atoms with E-state index in [9.17, 15) is 9.59 Å². The zero-order valence-corrected chi connectivity index (χ0v) is 17.8. The highest BCUT2D eigenvalue weighted by Crippen LogP contribution is 2.39. The van der Waals surface area contributed by atoms with Crippen LogP contribution in [0.3, 0.4) is 0 Å². The predicted octanol–water partition coefficient (Wildman–Crippen LogP) is 4.04. The summed E-state index contributed by atoms with van der Waals surface area (Å²) in [6.45, 7) is 5.83. The number of thiophene rings is 1. The lowest BCUT2D eigenvalue weighted by Crippen LogP contribution is -2.48. The third-order valence-electron chi connectivity index (χ3n) is 4.61. The van der Waals surface area contributed by atoms with Crippen molar-refractivity contribution in [1.82, 2.24) is 10.6 Å². The second-order valence-electron chi connectivity index (χ2n) is 7.53. The molecule has 0 bridgehead atoms. The van der Waals surface area contributed by atoms with Crippen molar-refractivity contribution in [1.29, 1.82) is 0 Å². The van der Waals surface area contributed by atoms with E-state index in [1.54, 1.807) is 11.3 Å². The third-order valence-corrected chi connectivity index (χ3v) is 5.58. The number of halogens is 1. The van der Waals surface area contributed by atoms with E-state index < -0.39 is 6.04 Å². The first kappa shape index (κ1) is 20.7. The molecule has 2 atom stereocenters. The van der Waals surface area contributed by atoms with Gasteiger partial charge in [-0.15, -0.1) is 0 Å². The first-order valence-corrected chi connectivity index (χ1v) is 10.7. The Morgan fingerprint density at radius 1 is 1.32 bits per heavy atom. The SMILES string of the molecule is CC(=O)N[C@@H](CC(C)C)C(=O)NCC1Cc2cc(-c3ccsc3)cc(Cl)c2O1. The highest BCUT2D eigenvalue weighted by Gasteiger charge is 2.28. The number of fused-ring (bicyclic) bond motifs is 1. The second-order valence-corrected chi connectivity index (χ2v) is 8.72. The minimum Gasteiger partial charge on any atom is -0.486 e. The monoisotopic (exact) mass is 420 g/mol. The topological polar surface area (TPSA) is 67.4 Å². The van der Waals surface area contributed by atoms with Gasteiger partial charge in [0.05, 0.1) is 11.6 Å². The van der Waals surface area contributed by atoms with Crippen molar-refractivity contribution in [2.24, 2.45) is 5.92 Å². The van der Waals surface area contributed by atoms with E-state index in [4.69, 9.17) is 16.3 Å². The Hall–Kier alpha value is -2.05. The molecule has 0 aliphatic carbocycles. The van der Waals surface area contributed by atoms with E-state index in [-0.39, 0.29) is 17.9 Å². The van der Waals surface area contributed by atoms with Crippen molar-refractivity contribution in [3.63, 3.8) is 0 Å². The van der Waals surface area contributed by atoms with Crippen molar-refractivity contribution >= 4 is 34.8 Å². The molecule has 3 rings (SSSR count). The fourth-order valence-corrected chi connectivity index (χ4v) is 4.33. The quantitative estimate of drug-likeness (QED) is 0.710. The van der Waals surface area contributed by atoms with E-state index in [1.165, 1.54) is 6.92 Å². The summed E-state index contributed by atoms with van der Waals surface area (Å²) in [6.07, 6.45) is 1.10. The third kappa shape index (κ3) is 5.06. The number of carbonyl (C=O) groups excluding carboxylic acids is 2. The van der Waals surface area contributed by atoms with E-state index in [0.717, 1.165) is 16.7 Å². The summed E-state index contributed by atoms with van der Waals surface area (Å²) in [5.41, 5.74) is 3.26. The van der Waals surface area contributed by atoms with Crippen molar-refractivity contribution < 1.29 is 14.3 Å². The molecule has 7 heteroatoms. The van der Waals surface area contributed by atoms with Gasteiger partial charge in [-0.25, -0.2) is 0 Å². The van der Waals surface area contributed by atoms with Gasteiger partial charge in [0.1, 0.15) is 17.9 Å². The van der Waals surface area contributed by atoms with Crippen LogP contribution in [0.25, 0.3) is 11.1 Å². The van der Waals surface area contributed by atoms with Crippen LogP contribution in [0.1, 0.15) is 32.8 Å². The summed E-state index contributed by atoms with van der Waals surface area (Å²) < 4.78 is 5.97. The minimum absolute atomic E-state index is 0.175. The molecule has 0 spiro atoms. The van der Waals surface area contributed by atoms with Gasteiger partial charge in [-0.2, -0.15) is 11.3 Å². The average molecular weight is 421 g/mol. The summed E-state index contributed by atoms with van der Waals surface area (Å²) in [5.74, 6) is 0.594. The summed E-state index contributed by atoms with van der Waals surface area (Å²) in [4.78, 5) is 23.9. The molecule has 2 N–H and O–H groups in total. The number of nitrogens with one attached hydrogen (secondary N) is 2. The molecular weight excluding hydrogens is 396 g/mol. The van der Waals surface area contributed by atoms with Gasteiger partial charge in [-0.05, 0) is 52.4 Å². The molecule has 1 aromatic heterocycles. The van der Waals surface area contributed by atoms with Crippen LogP contribution in [-0.4, -0.2) is 30.5 Å². The van der Waals surface area contributed by atoms with E-state index in [2.05, 4.69) is 28.1 Å². The molecule has 0 fully saturated rings. The molecule has 0 saturated carbocycles. The zero-order chi connectivity index (χ0) is 20.3. The molecule has 5 nitrogen and oxygen atoms in total.